The van der Waals surface area contributed by atoms with Gasteiger partial charge in [0.2, 0.25) is 0 Å². The van der Waals surface area contributed by atoms with Gasteiger partial charge in [-0.05, 0) is 24.6 Å². The molecule has 0 fully saturated rings. The normalized spacial score (nSPS) is 12.6. The first-order valence-electron chi connectivity index (χ1n) is 6.40. The van der Waals surface area contributed by atoms with Crippen LogP contribution in [0.2, 0.25) is 10.0 Å². The number of aliphatic imine (C=N–C) groups is 1. The Kier molecular flexibility index (Phi) is 7.91. The van der Waals surface area contributed by atoms with Gasteiger partial charge in [0.1, 0.15) is 12.7 Å². The number of hydrogen-bond donors (Lipinski definition) is 2. The zero-order valence-electron chi connectivity index (χ0n) is 11.9. The molecule has 0 radical (unpaired) electrons. The van der Waals surface area contributed by atoms with Crippen LogP contribution in [0, 0.1) is 0 Å². The molecule has 6 nitrogen and oxygen atoms in total. The first kappa shape index (κ1) is 19.0. The van der Waals surface area contributed by atoms with E-state index in [-0.39, 0.29) is 30.0 Å². The Morgan fingerprint density at radius 3 is 2.86 bits per heavy atom. The van der Waals surface area contributed by atoms with Crippen LogP contribution in [-0.4, -0.2) is 27.3 Å². The van der Waals surface area contributed by atoms with E-state index in [1.807, 2.05) is 13.0 Å². The van der Waals surface area contributed by atoms with Crippen LogP contribution in [0.15, 0.2) is 35.8 Å². The van der Waals surface area contributed by atoms with E-state index < -0.39 is 0 Å². The second-order valence-electron chi connectivity index (χ2n) is 4.46. The monoisotopic (exact) mass is 454 g/mol. The topological polar surface area (TPSA) is 81.1 Å². The number of benzene rings is 1. The molecule has 1 heterocycles. The van der Waals surface area contributed by atoms with Crippen molar-refractivity contribution < 1.29 is 0 Å². The fourth-order valence-corrected chi connectivity index (χ4v) is 2.39. The van der Waals surface area contributed by atoms with Crippen molar-refractivity contribution in [1.29, 1.82) is 0 Å². The van der Waals surface area contributed by atoms with Crippen LogP contribution in [-0.2, 0) is 6.54 Å². The number of halogens is 3. The third kappa shape index (κ3) is 5.62. The number of aromatic nitrogens is 3. The molecule has 1 atom stereocenters. The van der Waals surface area contributed by atoms with Gasteiger partial charge in [0.15, 0.2) is 5.96 Å². The summed E-state index contributed by atoms with van der Waals surface area (Å²) in [5, 5.41) is 8.28. The predicted molar refractivity (Wildman–Crippen MR) is 99.9 cm³/mol. The lowest BCUT2D eigenvalue weighted by atomic mass is 10.1. The summed E-state index contributed by atoms with van der Waals surface area (Å²) in [6, 6.07) is 5.29. The second kappa shape index (κ2) is 9.16. The van der Waals surface area contributed by atoms with Gasteiger partial charge in [-0.1, -0.05) is 29.3 Å². The summed E-state index contributed by atoms with van der Waals surface area (Å²) in [6.07, 6.45) is 3.12. The molecule has 9 heteroatoms. The molecule has 3 N–H and O–H groups in total. The lowest BCUT2D eigenvalue weighted by Gasteiger charge is -2.16. The van der Waals surface area contributed by atoms with Gasteiger partial charge in [0.25, 0.3) is 0 Å². The van der Waals surface area contributed by atoms with Crippen molar-refractivity contribution in [1.82, 2.24) is 20.1 Å². The van der Waals surface area contributed by atoms with Crippen LogP contribution in [0.25, 0.3) is 0 Å². The molecule has 1 aromatic heterocycles. The zero-order valence-corrected chi connectivity index (χ0v) is 15.8. The number of rotatable bonds is 5. The van der Waals surface area contributed by atoms with E-state index in [0.717, 1.165) is 5.56 Å². The Bertz CT molecular complexity index is 617. The number of nitrogens with zero attached hydrogens (tertiary/aromatic N) is 4. The van der Waals surface area contributed by atoms with Gasteiger partial charge in [-0.15, -0.1) is 24.0 Å². The summed E-state index contributed by atoms with van der Waals surface area (Å²) in [7, 11) is 0. The third-order valence-electron chi connectivity index (χ3n) is 2.87. The van der Waals surface area contributed by atoms with E-state index in [1.165, 1.54) is 6.33 Å². The van der Waals surface area contributed by atoms with Crippen LogP contribution in [0.1, 0.15) is 18.5 Å². The Morgan fingerprint density at radius 1 is 1.45 bits per heavy atom. The molecule has 2 rings (SSSR count). The van der Waals surface area contributed by atoms with E-state index in [1.54, 1.807) is 23.1 Å². The number of nitrogens with two attached hydrogens (primary N) is 1. The molecule has 0 bridgehead atoms. The van der Waals surface area contributed by atoms with Gasteiger partial charge in [0.05, 0.1) is 19.1 Å². The van der Waals surface area contributed by atoms with Crippen molar-refractivity contribution in [2.75, 3.05) is 6.54 Å². The van der Waals surface area contributed by atoms with Crippen molar-refractivity contribution in [3.63, 3.8) is 0 Å². The van der Waals surface area contributed by atoms with E-state index in [9.17, 15) is 0 Å². The average Bonchev–Trinajstić information content (AvgIpc) is 2.91. The molecule has 2 aromatic rings. The summed E-state index contributed by atoms with van der Waals surface area (Å²) < 4.78 is 1.69. The van der Waals surface area contributed by atoms with E-state index in [0.29, 0.717) is 29.1 Å². The maximum atomic E-state index is 6.16. The minimum atomic E-state index is -0.0649. The molecule has 0 saturated heterocycles. The number of nitrogens with one attached hydrogen (secondary N) is 1. The predicted octanol–water partition coefficient (Wildman–Crippen LogP) is 2.87. The van der Waals surface area contributed by atoms with E-state index in [2.05, 4.69) is 20.4 Å². The highest BCUT2D eigenvalue weighted by Crippen LogP contribution is 2.25. The van der Waals surface area contributed by atoms with Crippen molar-refractivity contribution in [3.05, 3.63) is 46.5 Å². The standard InChI is InChI=1S/C13H16Cl2N6.HI/c1-9(11-3-2-10(14)6-12(11)15)20-13(16)18-4-5-21-8-17-7-19-21;/h2-3,6-9H,4-5H2,1H3,(H3,16,18,20);1H. The third-order valence-corrected chi connectivity index (χ3v) is 3.43. The molecule has 1 unspecified atom stereocenters. The molecule has 0 saturated carbocycles. The Hall–Kier alpha value is -1.06. The second-order valence-corrected chi connectivity index (χ2v) is 5.30. The van der Waals surface area contributed by atoms with Crippen LogP contribution < -0.4 is 11.1 Å². The van der Waals surface area contributed by atoms with Gasteiger partial charge >= 0.3 is 0 Å². The van der Waals surface area contributed by atoms with E-state index >= 15 is 0 Å². The summed E-state index contributed by atoms with van der Waals surface area (Å²) in [4.78, 5) is 8.09. The van der Waals surface area contributed by atoms with Gasteiger partial charge in [0, 0.05) is 10.0 Å². The highest BCUT2D eigenvalue weighted by Gasteiger charge is 2.10. The summed E-state index contributed by atoms with van der Waals surface area (Å²) in [5.74, 6) is 0.355. The number of hydrogen-bond acceptors (Lipinski definition) is 3. The molecule has 0 spiro atoms. The molecule has 22 heavy (non-hydrogen) atoms. The molecular weight excluding hydrogens is 438 g/mol. The molecule has 0 aliphatic rings. The quantitative estimate of drug-likeness (QED) is 0.413. The molecule has 0 aliphatic carbocycles. The fraction of sp³-hybridized carbons (Fsp3) is 0.308. The maximum absolute atomic E-state index is 6.16. The van der Waals surface area contributed by atoms with Crippen molar-refractivity contribution >= 4 is 53.1 Å². The molecule has 1 aromatic carbocycles. The van der Waals surface area contributed by atoms with Crippen molar-refractivity contribution in [3.8, 4) is 0 Å². The smallest absolute Gasteiger partial charge is 0.189 e. The first-order valence-corrected chi connectivity index (χ1v) is 7.15. The van der Waals surface area contributed by atoms with Gasteiger partial charge in [-0.2, -0.15) is 5.10 Å². The lowest BCUT2D eigenvalue weighted by Crippen LogP contribution is -2.34. The Balaban J connectivity index is 0.00000242. The summed E-state index contributed by atoms with van der Waals surface area (Å²) in [6.45, 7) is 3.09. The highest BCUT2D eigenvalue weighted by molar-refractivity contribution is 14.0. The van der Waals surface area contributed by atoms with Crippen LogP contribution >= 0.6 is 47.2 Å². The van der Waals surface area contributed by atoms with Crippen molar-refractivity contribution in [2.45, 2.75) is 19.5 Å². The molecule has 0 aliphatic heterocycles. The number of guanidine groups is 1. The van der Waals surface area contributed by atoms with Crippen molar-refractivity contribution in [2.24, 2.45) is 10.7 Å². The van der Waals surface area contributed by atoms with E-state index in [4.69, 9.17) is 28.9 Å². The minimum absolute atomic E-state index is 0. The largest absolute Gasteiger partial charge is 0.370 e. The first-order chi connectivity index (χ1) is 10.1. The molecule has 0 amide bonds. The Labute approximate surface area is 156 Å². The van der Waals surface area contributed by atoms with Gasteiger partial charge in [-0.3, -0.25) is 9.67 Å². The SMILES string of the molecule is CC(NC(N)=NCCn1cncn1)c1ccc(Cl)cc1Cl.I. The summed E-state index contributed by atoms with van der Waals surface area (Å²) >= 11 is 12.0. The van der Waals surface area contributed by atoms with Crippen LogP contribution in [0.3, 0.4) is 0 Å². The highest BCUT2D eigenvalue weighted by atomic mass is 127. The molecular formula is C13H17Cl2IN6. The van der Waals surface area contributed by atoms with Gasteiger partial charge in [-0.25, -0.2) is 4.98 Å². The van der Waals surface area contributed by atoms with Crippen LogP contribution in [0.5, 0.6) is 0 Å². The maximum Gasteiger partial charge on any atom is 0.189 e. The Morgan fingerprint density at radius 2 is 2.23 bits per heavy atom. The average molecular weight is 455 g/mol. The lowest BCUT2D eigenvalue weighted by molar-refractivity contribution is 0.619. The van der Waals surface area contributed by atoms with Crippen LogP contribution in [0.4, 0.5) is 0 Å². The minimum Gasteiger partial charge on any atom is -0.370 e. The van der Waals surface area contributed by atoms with Gasteiger partial charge < -0.3 is 11.1 Å². The molecule has 120 valence electrons. The summed E-state index contributed by atoms with van der Waals surface area (Å²) in [5.41, 5.74) is 6.77. The fourth-order valence-electron chi connectivity index (χ4n) is 1.82. The zero-order chi connectivity index (χ0) is 15.2.